The molecule has 2 N–H and O–H groups in total. The Labute approximate surface area is 141 Å². The molecule has 0 aliphatic rings. The number of amides is 1. The highest BCUT2D eigenvalue weighted by Crippen LogP contribution is 2.27. The quantitative estimate of drug-likeness (QED) is 0.673. The Morgan fingerprint density at radius 1 is 1.12 bits per heavy atom. The summed E-state index contributed by atoms with van der Waals surface area (Å²) in [6.07, 6.45) is 6.23. The van der Waals surface area contributed by atoms with Gasteiger partial charge in [0.25, 0.3) is 5.91 Å². The first kappa shape index (κ1) is 16.0. The van der Waals surface area contributed by atoms with E-state index >= 15 is 0 Å². The van der Waals surface area contributed by atoms with Gasteiger partial charge in [-0.1, -0.05) is 12.1 Å². The fraction of sp³-hybridized carbons (Fsp3) is 0.125. The second-order valence-corrected chi connectivity index (χ2v) is 5.81. The molecule has 24 heavy (non-hydrogen) atoms. The van der Waals surface area contributed by atoms with Gasteiger partial charge in [-0.3, -0.25) is 9.78 Å². The van der Waals surface area contributed by atoms with Crippen LogP contribution < -0.4 is 10.6 Å². The normalized spacial score (nSPS) is 10.4. The van der Waals surface area contributed by atoms with E-state index in [1.807, 2.05) is 0 Å². The number of hydrogen-bond donors (Lipinski definition) is 2. The molecule has 0 aliphatic carbocycles. The summed E-state index contributed by atoms with van der Waals surface area (Å²) in [5, 5.41) is 6.30. The molecule has 0 spiro atoms. The van der Waals surface area contributed by atoms with Crippen LogP contribution in [0.5, 0.6) is 0 Å². The lowest BCUT2D eigenvalue weighted by Crippen LogP contribution is -2.28. The number of carbonyl (C=O) groups is 1. The van der Waals surface area contributed by atoms with Crippen LogP contribution in [0, 0.1) is 5.82 Å². The van der Waals surface area contributed by atoms with Crippen LogP contribution in [0.2, 0.25) is 0 Å². The zero-order chi connectivity index (χ0) is 16.8. The number of carbonyl (C=O) groups excluding carboxylic acids is 1. The van der Waals surface area contributed by atoms with Crippen molar-refractivity contribution in [3.8, 4) is 10.6 Å². The van der Waals surface area contributed by atoms with E-state index in [0.717, 1.165) is 11.3 Å². The maximum Gasteiger partial charge on any atom is 0.263 e. The summed E-state index contributed by atoms with van der Waals surface area (Å²) < 4.78 is 13.7. The van der Waals surface area contributed by atoms with Crippen LogP contribution in [0.15, 0.2) is 49.1 Å². The molecule has 122 valence electrons. The largest absolute Gasteiger partial charge is 0.367 e. The minimum Gasteiger partial charge on any atom is -0.367 e. The average molecular weight is 343 g/mol. The molecule has 2 aromatic heterocycles. The maximum absolute atomic E-state index is 13.7. The van der Waals surface area contributed by atoms with Crippen molar-refractivity contribution in [2.75, 3.05) is 18.4 Å². The van der Waals surface area contributed by atoms with Crippen LogP contribution >= 0.6 is 11.3 Å². The smallest absolute Gasteiger partial charge is 0.263 e. The Kier molecular flexibility index (Phi) is 5.07. The van der Waals surface area contributed by atoms with E-state index in [4.69, 9.17) is 0 Å². The summed E-state index contributed by atoms with van der Waals surface area (Å²) in [6.45, 7) is 0.936. The first-order valence-electron chi connectivity index (χ1n) is 7.23. The van der Waals surface area contributed by atoms with Crippen LogP contribution in [0.25, 0.3) is 10.6 Å². The Bertz CT molecular complexity index is 824. The van der Waals surface area contributed by atoms with Gasteiger partial charge >= 0.3 is 0 Å². The van der Waals surface area contributed by atoms with Gasteiger partial charge in [0.1, 0.15) is 21.5 Å². The van der Waals surface area contributed by atoms with Gasteiger partial charge < -0.3 is 10.6 Å². The third kappa shape index (κ3) is 3.90. The Morgan fingerprint density at radius 2 is 2.00 bits per heavy atom. The number of thiazole rings is 1. The van der Waals surface area contributed by atoms with Crippen molar-refractivity contribution in [3.63, 3.8) is 0 Å². The maximum atomic E-state index is 13.7. The van der Waals surface area contributed by atoms with E-state index in [2.05, 4.69) is 25.6 Å². The number of halogens is 1. The molecule has 2 heterocycles. The first-order valence-corrected chi connectivity index (χ1v) is 8.04. The summed E-state index contributed by atoms with van der Waals surface area (Å²) in [4.78, 5) is 24.7. The summed E-state index contributed by atoms with van der Waals surface area (Å²) in [5.74, 6) is 0.0504. The number of aromatic nitrogens is 3. The fourth-order valence-electron chi connectivity index (χ4n) is 1.98. The van der Waals surface area contributed by atoms with E-state index in [-0.39, 0.29) is 11.7 Å². The lowest BCUT2D eigenvalue weighted by Gasteiger charge is -2.05. The number of nitrogens with one attached hydrogen (secondary N) is 2. The van der Waals surface area contributed by atoms with Crippen LogP contribution in [0.4, 0.5) is 10.2 Å². The zero-order valence-corrected chi connectivity index (χ0v) is 13.4. The molecule has 0 saturated heterocycles. The standard InChI is InChI=1S/C16H14FN5OS/c17-12-4-2-1-3-11(12)16-22-9-13(24-16)15(23)21-8-7-20-14-10-18-5-6-19-14/h1-6,9-10H,7-8H2,(H,19,20)(H,21,23). The summed E-state index contributed by atoms with van der Waals surface area (Å²) >= 11 is 1.16. The van der Waals surface area contributed by atoms with Crippen LogP contribution in [-0.4, -0.2) is 33.9 Å². The molecule has 0 atom stereocenters. The minimum absolute atomic E-state index is 0.240. The molecular formula is C16H14FN5OS. The molecule has 1 amide bonds. The van der Waals surface area contributed by atoms with E-state index in [1.165, 1.54) is 12.3 Å². The van der Waals surface area contributed by atoms with Gasteiger partial charge in [-0.05, 0) is 12.1 Å². The van der Waals surface area contributed by atoms with Crippen molar-refractivity contribution in [2.24, 2.45) is 0 Å². The molecule has 0 bridgehead atoms. The van der Waals surface area contributed by atoms with Crippen molar-refractivity contribution >= 4 is 23.1 Å². The third-order valence-corrected chi connectivity index (χ3v) is 4.14. The second kappa shape index (κ2) is 7.60. The highest BCUT2D eigenvalue weighted by atomic mass is 32.1. The van der Waals surface area contributed by atoms with Crippen molar-refractivity contribution in [1.82, 2.24) is 20.3 Å². The van der Waals surface area contributed by atoms with Gasteiger partial charge in [0.05, 0.1) is 12.4 Å². The van der Waals surface area contributed by atoms with E-state index in [0.29, 0.717) is 34.4 Å². The molecule has 0 unspecified atom stereocenters. The number of hydrogen-bond acceptors (Lipinski definition) is 6. The zero-order valence-electron chi connectivity index (χ0n) is 12.6. The minimum atomic E-state index is -0.355. The molecule has 3 rings (SSSR count). The van der Waals surface area contributed by atoms with Crippen LogP contribution in [0.1, 0.15) is 9.67 Å². The lowest BCUT2D eigenvalue weighted by atomic mass is 10.2. The van der Waals surface area contributed by atoms with Gasteiger partial charge in [-0.15, -0.1) is 11.3 Å². The van der Waals surface area contributed by atoms with E-state index in [9.17, 15) is 9.18 Å². The van der Waals surface area contributed by atoms with Gasteiger partial charge in [0.15, 0.2) is 0 Å². The van der Waals surface area contributed by atoms with Crippen LogP contribution in [-0.2, 0) is 0 Å². The van der Waals surface area contributed by atoms with Crippen LogP contribution in [0.3, 0.4) is 0 Å². The SMILES string of the molecule is O=C(NCCNc1cnccn1)c1cnc(-c2ccccc2F)s1. The number of nitrogens with zero attached hydrogens (tertiary/aromatic N) is 3. The molecule has 1 aromatic carbocycles. The summed E-state index contributed by atoms with van der Waals surface area (Å²) in [5.41, 5.74) is 0.394. The fourth-order valence-corrected chi connectivity index (χ4v) is 2.84. The Morgan fingerprint density at radius 3 is 2.79 bits per heavy atom. The van der Waals surface area contributed by atoms with Crippen molar-refractivity contribution in [2.45, 2.75) is 0 Å². The molecule has 0 radical (unpaired) electrons. The lowest BCUT2D eigenvalue weighted by molar-refractivity contribution is 0.0959. The molecule has 0 aliphatic heterocycles. The topological polar surface area (TPSA) is 79.8 Å². The summed E-state index contributed by atoms with van der Waals surface area (Å²) in [6, 6.07) is 6.36. The molecule has 0 fully saturated rings. The monoisotopic (exact) mass is 343 g/mol. The van der Waals surface area contributed by atoms with Gasteiger partial charge in [-0.25, -0.2) is 14.4 Å². The molecule has 0 saturated carbocycles. The van der Waals surface area contributed by atoms with Gasteiger partial charge in [0, 0.05) is 31.0 Å². The number of anilines is 1. The van der Waals surface area contributed by atoms with Gasteiger partial charge in [-0.2, -0.15) is 0 Å². The van der Waals surface area contributed by atoms with Crippen molar-refractivity contribution in [1.29, 1.82) is 0 Å². The highest BCUT2D eigenvalue weighted by molar-refractivity contribution is 7.16. The first-order chi connectivity index (χ1) is 11.7. The number of benzene rings is 1. The van der Waals surface area contributed by atoms with Crippen molar-refractivity contribution in [3.05, 3.63) is 59.7 Å². The highest BCUT2D eigenvalue weighted by Gasteiger charge is 2.13. The summed E-state index contributed by atoms with van der Waals surface area (Å²) in [7, 11) is 0. The molecule has 3 aromatic rings. The third-order valence-electron chi connectivity index (χ3n) is 3.11. The molecule has 8 heteroatoms. The predicted molar refractivity (Wildman–Crippen MR) is 90.4 cm³/mol. The van der Waals surface area contributed by atoms with Gasteiger partial charge in [0.2, 0.25) is 0 Å². The Hall–Kier alpha value is -2.87. The van der Waals surface area contributed by atoms with E-state index < -0.39 is 0 Å². The number of rotatable bonds is 6. The molecule has 6 nitrogen and oxygen atoms in total. The molecular weight excluding hydrogens is 329 g/mol. The average Bonchev–Trinajstić information content (AvgIpc) is 3.10. The van der Waals surface area contributed by atoms with Crippen molar-refractivity contribution < 1.29 is 9.18 Å². The van der Waals surface area contributed by atoms with E-state index in [1.54, 1.807) is 36.8 Å². The Balaban J connectivity index is 1.54. The second-order valence-electron chi connectivity index (χ2n) is 4.78. The predicted octanol–water partition coefficient (Wildman–Crippen LogP) is 2.58.